The van der Waals surface area contributed by atoms with Crippen molar-refractivity contribution in [1.29, 1.82) is 0 Å². The summed E-state index contributed by atoms with van der Waals surface area (Å²) in [6.45, 7) is 0. The molecule has 0 radical (unpaired) electrons. The molecule has 1 aliphatic rings. The minimum Gasteiger partial charge on any atom is -0.507 e. The maximum absolute atomic E-state index is 12.6. The monoisotopic (exact) mass is 424 g/mol. The highest BCUT2D eigenvalue weighted by atomic mass is 35.5. The molecule has 2 heterocycles. The van der Waals surface area contributed by atoms with Crippen molar-refractivity contribution in [2.24, 2.45) is 5.10 Å². The fourth-order valence-electron chi connectivity index (χ4n) is 3.87. The zero-order chi connectivity index (χ0) is 20.0. The Morgan fingerprint density at radius 2 is 2.03 bits per heavy atom. The van der Waals surface area contributed by atoms with Crippen LogP contribution in [0.25, 0.3) is 21.1 Å². The summed E-state index contributed by atoms with van der Waals surface area (Å²) < 4.78 is 6.90. The van der Waals surface area contributed by atoms with E-state index in [1.165, 1.54) is 17.6 Å². The average molecular weight is 425 g/mol. The largest absolute Gasteiger partial charge is 0.507 e. The van der Waals surface area contributed by atoms with Crippen LogP contribution < -0.4 is 5.43 Å². The van der Waals surface area contributed by atoms with Gasteiger partial charge in [-0.25, -0.2) is 5.43 Å². The first-order valence-corrected chi connectivity index (χ1v) is 10.6. The lowest BCUT2D eigenvalue weighted by molar-refractivity contribution is 0.0959. The van der Waals surface area contributed by atoms with Crippen molar-refractivity contribution in [3.05, 3.63) is 63.2 Å². The summed E-state index contributed by atoms with van der Waals surface area (Å²) in [6.07, 6.45) is 5.49. The Morgan fingerprint density at radius 3 is 2.90 bits per heavy atom. The number of nitrogens with one attached hydrogen (secondary N) is 1. The zero-order valence-electron chi connectivity index (χ0n) is 15.4. The highest BCUT2D eigenvalue weighted by molar-refractivity contribution is 7.21. The van der Waals surface area contributed by atoms with Gasteiger partial charge in [0.2, 0.25) is 0 Å². The third-order valence-electron chi connectivity index (χ3n) is 5.24. The third-order valence-corrected chi connectivity index (χ3v) is 6.91. The molecule has 1 amide bonds. The Morgan fingerprint density at radius 1 is 1.21 bits per heavy atom. The first-order valence-electron chi connectivity index (χ1n) is 9.40. The molecule has 0 saturated heterocycles. The number of carbonyl (C=O) groups is 1. The summed E-state index contributed by atoms with van der Waals surface area (Å²) in [4.78, 5) is 13.0. The lowest BCUT2D eigenvalue weighted by Gasteiger charge is -2.09. The van der Waals surface area contributed by atoms with Crippen LogP contribution in [0.3, 0.4) is 0 Å². The summed E-state index contributed by atoms with van der Waals surface area (Å²) in [5.74, 6) is 0.700. The lowest BCUT2D eigenvalue weighted by atomic mass is 9.94. The molecule has 0 spiro atoms. The van der Waals surface area contributed by atoms with Crippen LogP contribution in [0.5, 0.6) is 5.75 Å². The number of aromatic hydroxyl groups is 1. The molecule has 2 N–H and O–H groups in total. The standard InChI is InChI=1S/C22H17ClN2O3S/c23-20-13-6-2-4-8-18(13)29-21(20)22(27)25-24-11-14-15(26)9-10-17-19(14)12-5-1-3-7-16(12)28-17/h2,4,6,8-11,26H,1,3,5,7H2,(H,25,27)/b24-11+. The Kier molecular flexibility index (Phi) is 4.53. The molecule has 5 rings (SSSR count). The van der Waals surface area contributed by atoms with Gasteiger partial charge < -0.3 is 9.52 Å². The van der Waals surface area contributed by atoms with E-state index in [0.29, 0.717) is 15.5 Å². The van der Waals surface area contributed by atoms with E-state index in [-0.39, 0.29) is 11.7 Å². The van der Waals surface area contributed by atoms with Crippen molar-refractivity contribution in [2.45, 2.75) is 25.7 Å². The maximum Gasteiger partial charge on any atom is 0.283 e. The van der Waals surface area contributed by atoms with E-state index in [1.54, 1.807) is 12.1 Å². The average Bonchev–Trinajstić information content (AvgIpc) is 3.28. The van der Waals surface area contributed by atoms with E-state index < -0.39 is 0 Å². The number of hydrogen-bond acceptors (Lipinski definition) is 5. The number of furan rings is 1. The SMILES string of the molecule is O=C(N/N=C/c1c(O)ccc2oc3c(c12)CCCC3)c1sc2ccccc2c1Cl. The molecule has 0 bridgehead atoms. The maximum atomic E-state index is 12.6. The molecule has 0 saturated carbocycles. The number of phenols is 1. The first-order chi connectivity index (χ1) is 14.1. The highest BCUT2D eigenvalue weighted by Crippen LogP contribution is 2.37. The van der Waals surface area contributed by atoms with Gasteiger partial charge in [-0.15, -0.1) is 11.3 Å². The van der Waals surface area contributed by atoms with Crippen molar-refractivity contribution in [1.82, 2.24) is 5.43 Å². The number of amides is 1. The molecule has 29 heavy (non-hydrogen) atoms. The topological polar surface area (TPSA) is 74.8 Å². The number of carbonyl (C=O) groups excluding carboxylic acids is 1. The minimum atomic E-state index is -0.381. The van der Waals surface area contributed by atoms with E-state index in [4.69, 9.17) is 16.0 Å². The normalized spacial score (nSPS) is 14.0. The van der Waals surface area contributed by atoms with Crippen LogP contribution >= 0.6 is 22.9 Å². The number of hydrogen-bond donors (Lipinski definition) is 2. The van der Waals surface area contributed by atoms with E-state index in [2.05, 4.69) is 10.5 Å². The molecule has 4 aromatic rings. The molecule has 2 aromatic heterocycles. The highest BCUT2D eigenvalue weighted by Gasteiger charge is 2.21. The molecule has 146 valence electrons. The molecular weight excluding hydrogens is 408 g/mol. The van der Waals surface area contributed by atoms with Gasteiger partial charge in [-0.1, -0.05) is 29.8 Å². The second-order valence-electron chi connectivity index (χ2n) is 7.02. The van der Waals surface area contributed by atoms with Gasteiger partial charge in [0.15, 0.2) is 0 Å². The third kappa shape index (κ3) is 3.09. The Hall–Kier alpha value is -2.83. The first kappa shape index (κ1) is 18.2. The second-order valence-corrected chi connectivity index (χ2v) is 8.45. The molecular formula is C22H17ClN2O3S. The Labute approximate surface area is 175 Å². The van der Waals surface area contributed by atoms with Crippen LogP contribution in [-0.4, -0.2) is 17.2 Å². The number of phenolic OH excluding ortho intramolecular Hbond substituents is 1. The van der Waals surface area contributed by atoms with E-state index in [1.807, 2.05) is 24.3 Å². The van der Waals surface area contributed by atoms with Gasteiger partial charge in [0.05, 0.1) is 11.2 Å². The molecule has 0 aliphatic heterocycles. The summed E-state index contributed by atoms with van der Waals surface area (Å²) in [7, 11) is 0. The predicted octanol–water partition coefficient (Wildman–Crippen LogP) is 5.65. The van der Waals surface area contributed by atoms with Gasteiger partial charge >= 0.3 is 0 Å². The van der Waals surface area contributed by atoms with Gasteiger partial charge in [0.25, 0.3) is 5.91 Å². The Bertz CT molecular complexity index is 1290. The number of thiophene rings is 1. The van der Waals surface area contributed by atoms with Gasteiger partial charge in [-0.3, -0.25) is 4.79 Å². The number of hydrazone groups is 1. The second kappa shape index (κ2) is 7.21. The van der Waals surface area contributed by atoms with Crippen LogP contribution in [-0.2, 0) is 12.8 Å². The number of halogens is 1. The predicted molar refractivity (Wildman–Crippen MR) is 116 cm³/mol. The van der Waals surface area contributed by atoms with Gasteiger partial charge in [-0.2, -0.15) is 5.10 Å². The number of benzene rings is 2. The van der Waals surface area contributed by atoms with Crippen LogP contribution in [0.4, 0.5) is 0 Å². The molecule has 0 atom stereocenters. The van der Waals surface area contributed by atoms with Crippen LogP contribution in [0, 0.1) is 0 Å². The fraction of sp³-hybridized carbons (Fsp3) is 0.182. The van der Waals surface area contributed by atoms with Crippen LogP contribution in [0.1, 0.15) is 39.4 Å². The zero-order valence-corrected chi connectivity index (χ0v) is 16.9. The number of fused-ring (bicyclic) bond motifs is 4. The quantitative estimate of drug-likeness (QED) is 0.329. The van der Waals surface area contributed by atoms with Gasteiger partial charge in [0, 0.05) is 33.0 Å². The molecule has 7 heteroatoms. The molecule has 0 unspecified atom stereocenters. The molecule has 1 aliphatic carbocycles. The Balaban J connectivity index is 1.46. The smallest absolute Gasteiger partial charge is 0.283 e. The van der Waals surface area contributed by atoms with Crippen molar-refractivity contribution in [3.63, 3.8) is 0 Å². The van der Waals surface area contributed by atoms with E-state index in [0.717, 1.165) is 58.1 Å². The van der Waals surface area contributed by atoms with Gasteiger partial charge in [0.1, 0.15) is 22.0 Å². The van der Waals surface area contributed by atoms with Crippen LogP contribution in [0.15, 0.2) is 45.9 Å². The molecule has 5 nitrogen and oxygen atoms in total. The fourth-order valence-corrected chi connectivity index (χ4v) is 5.28. The van der Waals surface area contributed by atoms with Crippen molar-refractivity contribution < 1.29 is 14.3 Å². The van der Waals surface area contributed by atoms with Crippen LogP contribution in [0.2, 0.25) is 5.02 Å². The number of aryl methyl sites for hydroxylation is 2. The number of rotatable bonds is 3. The molecule has 0 fully saturated rings. The minimum absolute atomic E-state index is 0.101. The lowest BCUT2D eigenvalue weighted by Crippen LogP contribution is -2.16. The summed E-state index contributed by atoms with van der Waals surface area (Å²) in [6, 6.07) is 11.0. The number of nitrogens with zero attached hydrogens (tertiary/aromatic N) is 1. The van der Waals surface area contributed by atoms with Gasteiger partial charge in [-0.05, 0) is 37.5 Å². The summed E-state index contributed by atoms with van der Waals surface area (Å²) >= 11 is 7.68. The van der Waals surface area contributed by atoms with E-state index >= 15 is 0 Å². The summed E-state index contributed by atoms with van der Waals surface area (Å²) in [5.41, 5.74) is 4.94. The van der Waals surface area contributed by atoms with Crippen molar-refractivity contribution in [3.8, 4) is 5.75 Å². The van der Waals surface area contributed by atoms with E-state index in [9.17, 15) is 9.90 Å². The molecule has 2 aromatic carbocycles. The van der Waals surface area contributed by atoms with Crippen molar-refractivity contribution >= 4 is 56.1 Å². The van der Waals surface area contributed by atoms with Crippen molar-refractivity contribution in [2.75, 3.05) is 0 Å². The summed E-state index contributed by atoms with van der Waals surface area (Å²) in [5, 5.41) is 16.6.